The molecule has 0 spiro atoms. The molecule has 108 valence electrons. The van der Waals surface area contributed by atoms with Crippen LogP contribution in [0.5, 0.6) is 0 Å². The molecule has 22 heavy (non-hydrogen) atoms. The summed E-state index contributed by atoms with van der Waals surface area (Å²) in [6, 6.07) is 16.4. The van der Waals surface area contributed by atoms with Crippen LogP contribution in [0, 0.1) is 0 Å². The van der Waals surface area contributed by atoms with Gasteiger partial charge in [-0.1, -0.05) is 36.4 Å². The maximum atomic E-state index is 12.8. The number of aromatic amines is 1. The van der Waals surface area contributed by atoms with Gasteiger partial charge in [0.25, 0.3) is 5.91 Å². The number of H-pyrrole nitrogens is 1. The molecular formula is C19H16N2O. The zero-order valence-electron chi connectivity index (χ0n) is 12.4. The van der Waals surface area contributed by atoms with Crippen molar-refractivity contribution < 1.29 is 4.79 Å². The van der Waals surface area contributed by atoms with E-state index in [0.29, 0.717) is 0 Å². The van der Waals surface area contributed by atoms with Crippen molar-refractivity contribution in [3.63, 3.8) is 0 Å². The number of fused-ring (bicyclic) bond motifs is 7. The molecule has 5 rings (SSSR count). The zero-order chi connectivity index (χ0) is 14.9. The van der Waals surface area contributed by atoms with Crippen molar-refractivity contribution in [2.24, 2.45) is 0 Å². The van der Waals surface area contributed by atoms with Gasteiger partial charge in [0, 0.05) is 28.7 Å². The molecule has 3 aromatic rings. The van der Waals surface area contributed by atoms with Crippen LogP contribution in [0.1, 0.15) is 34.1 Å². The lowest BCUT2D eigenvalue weighted by Gasteiger charge is -2.40. The average Bonchev–Trinajstić information content (AvgIpc) is 3.04. The van der Waals surface area contributed by atoms with Crippen molar-refractivity contribution in [1.29, 1.82) is 0 Å². The normalized spacial score (nSPS) is 22.6. The van der Waals surface area contributed by atoms with Crippen LogP contribution in [0.25, 0.3) is 10.9 Å². The lowest BCUT2D eigenvalue weighted by molar-refractivity contribution is 0.0626. The van der Waals surface area contributed by atoms with Crippen molar-refractivity contribution in [1.82, 2.24) is 9.88 Å². The van der Waals surface area contributed by atoms with Crippen LogP contribution in [-0.2, 0) is 12.0 Å². The Morgan fingerprint density at radius 3 is 2.77 bits per heavy atom. The molecule has 2 aliphatic rings. The molecule has 1 amide bonds. The molecule has 0 saturated carbocycles. The van der Waals surface area contributed by atoms with Gasteiger partial charge in [0.2, 0.25) is 0 Å². The second-order valence-electron chi connectivity index (χ2n) is 6.35. The number of hydrogen-bond donors (Lipinski definition) is 1. The molecular weight excluding hydrogens is 272 g/mol. The molecule has 3 heteroatoms. The van der Waals surface area contributed by atoms with Gasteiger partial charge in [0.15, 0.2) is 0 Å². The molecule has 2 aliphatic heterocycles. The van der Waals surface area contributed by atoms with Crippen molar-refractivity contribution >= 4 is 16.8 Å². The summed E-state index contributed by atoms with van der Waals surface area (Å²) in [5.41, 5.74) is 5.29. The second kappa shape index (κ2) is 3.80. The third-order valence-electron chi connectivity index (χ3n) is 5.35. The number of nitrogens with zero attached hydrogens (tertiary/aromatic N) is 1. The molecule has 0 bridgehead atoms. The zero-order valence-corrected chi connectivity index (χ0v) is 12.4. The minimum atomic E-state index is -0.375. The average molecular weight is 288 g/mol. The number of hydrogen-bond acceptors (Lipinski definition) is 1. The number of nitrogens with one attached hydrogen (secondary N) is 1. The molecule has 0 radical (unpaired) electrons. The first-order valence-electron chi connectivity index (χ1n) is 7.73. The Hall–Kier alpha value is -2.55. The largest absolute Gasteiger partial charge is 0.356 e. The first kappa shape index (κ1) is 12.0. The number of amides is 1. The summed E-state index contributed by atoms with van der Waals surface area (Å²) in [4.78, 5) is 18.4. The SMILES string of the molecule is CC12c3ccccc3C(=O)N1CCc1c2[nH]c2ccccc12. The standard InChI is InChI=1S/C19H16N2O/c1-19-15-8-4-2-7-14(15)18(22)21(19)11-10-13-12-6-3-5-9-16(12)20-17(13)19/h2-9,20H,10-11H2,1H3. The lowest BCUT2D eigenvalue weighted by Crippen LogP contribution is -2.47. The fraction of sp³-hybridized carbons (Fsp3) is 0.211. The molecule has 0 aliphatic carbocycles. The van der Waals surface area contributed by atoms with Gasteiger partial charge in [-0.25, -0.2) is 0 Å². The Kier molecular flexibility index (Phi) is 2.08. The van der Waals surface area contributed by atoms with E-state index in [2.05, 4.69) is 42.2 Å². The Bertz CT molecular complexity index is 940. The van der Waals surface area contributed by atoms with Gasteiger partial charge in [0.05, 0.1) is 0 Å². The van der Waals surface area contributed by atoms with Gasteiger partial charge in [0.1, 0.15) is 5.54 Å². The van der Waals surface area contributed by atoms with Crippen LogP contribution in [0.15, 0.2) is 48.5 Å². The van der Waals surface area contributed by atoms with E-state index < -0.39 is 0 Å². The number of benzene rings is 2. The summed E-state index contributed by atoms with van der Waals surface area (Å²) in [5.74, 6) is 0.155. The van der Waals surface area contributed by atoms with Gasteiger partial charge < -0.3 is 9.88 Å². The van der Waals surface area contributed by atoms with E-state index in [4.69, 9.17) is 0 Å². The quantitative estimate of drug-likeness (QED) is 0.676. The number of carbonyl (C=O) groups excluding carboxylic acids is 1. The van der Waals surface area contributed by atoms with Crippen LogP contribution in [0.4, 0.5) is 0 Å². The van der Waals surface area contributed by atoms with E-state index >= 15 is 0 Å². The van der Waals surface area contributed by atoms with Gasteiger partial charge in [-0.15, -0.1) is 0 Å². The van der Waals surface area contributed by atoms with Crippen molar-refractivity contribution in [2.75, 3.05) is 6.54 Å². The van der Waals surface area contributed by atoms with E-state index in [-0.39, 0.29) is 11.4 Å². The number of rotatable bonds is 0. The van der Waals surface area contributed by atoms with Crippen LogP contribution >= 0.6 is 0 Å². The van der Waals surface area contributed by atoms with E-state index in [1.54, 1.807) is 0 Å². The van der Waals surface area contributed by atoms with Crippen LogP contribution in [0.3, 0.4) is 0 Å². The van der Waals surface area contributed by atoms with Gasteiger partial charge in [-0.05, 0) is 36.6 Å². The molecule has 2 aromatic carbocycles. The fourth-order valence-corrected chi connectivity index (χ4v) is 4.28. The Labute approximate surface area is 128 Å². The number of para-hydroxylation sites is 1. The summed E-state index contributed by atoms with van der Waals surface area (Å²) in [6.07, 6.45) is 0.911. The Morgan fingerprint density at radius 1 is 1.09 bits per heavy atom. The number of aromatic nitrogens is 1. The van der Waals surface area contributed by atoms with Gasteiger partial charge in [-0.3, -0.25) is 4.79 Å². The highest BCUT2D eigenvalue weighted by Gasteiger charge is 2.51. The summed E-state index contributed by atoms with van der Waals surface area (Å²) in [5, 5.41) is 1.29. The third-order valence-corrected chi connectivity index (χ3v) is 5.35. The maximum Gasteiger partial charge on any atom is 0.255 e. The van der Waals surface area contributed by atoms with Crippen LogP contribution in [-0.4, -0.2) is 22.3 Å². The highest BCUT2D eigenvalue weighted by atomic mass is 16.2. The smallest absolute Gasteiger partial charge is 0.255 e. The predicted molar refractivity (Wildman–Crippen MR) is 85.9 cm³/mol. The molecule has 1 aromatic heterocycles. The summed E-state index contributed by atoms with van der Waals surface area (Å²) in [6.45, 7) is 2.95. The molecule has 1 N–H and O–H groups in total. The van der Waals surface area contributed by atoms with Crippen molar-refractivity contribution in [2.45, 2.75) is 18.9 Å². The predicted octanol–water partition coefficient (Wildman–Crippen LogP) is 3.44. The Morgan fingerprint density at radius 2 is 1.86 bits per heavy atom. The lowest BCUT2D eigenvalue weighted by atomic mass is 9.83. The van der Waals surface area contributed by atoms with Crippen molar-refractivity contribution in [3.8, 4) is 0 Å². The topological polar surface area (TPSA) is 36.1 Å². The number of carbonyl (C=O) groups is 1. The third kappa shape index (κ3) is 1.21. The van der Waals surface area contributed by atoms with E-state index in [1.165, 1.54) is 16.6 Å². The molecule has 1 unspecified atom stereocenters. The molecule has 0 saturated heterocycles. The minimum Gasteiger partial charge on any atom is -0.356 e. The monoisotopic (exact) mass is 288 g/mol. The summed E-state index contributed by atoms with van der Waals surface area (Å²) < 4.78 is 0. The maximum absolute atomic E-state index is 12.8. The second-order valence-corrected chi connectivity index (χ2v) is 6.35. The molecule has 3 heterocycles. The minimum absolute atomic E-state index is 0.155. The first-order chi connectivity index (χ1) is 10.7. The van der Waals surface area contributed by atoms with E-state index in [9.17, 15) is 4.79 Å². The highest BCUT2D eigenvalue weighted by molar-refractivity contribution is 6.01. The van der Waals surface area contributed by atoms with Gasteiger partial charge in [-0.2, -0.15) is 0 Å². The molecule has 1 atom stereocenters. The summed E-state index contributed by atoms with van der Waals surface area (Å²) in [7, 11) is 0. The summed E-state index contributed by atoms with van der Waals surface area (Å²) >= 11 is 0. The van der Waals surface area contributed by atoms with Gasteiger partial charge >= 0.3 is 0 Å². The molecule has 0 fully saturated rings. The first-order valence-corrected chi connectivity index (χ1v) is 7.73. The van der Waals surface area contributed by atoms with Crippen molar-refractivity contribution in [3.05, 3.63) is 70.9 Å². The highest BCUT2D eigenvalue weighted by Crippen LogP contribution is 2.48. The van der Waals surface area contributed by atoms with Crippen LogP contribution < -0.4 is 0 Å². The van der Waals surface area contributed by atoms with Crippen LogP contribution in [0.2, 0.25) is 0 Å². The van der Waals surface area contributed by atoms with E-state index in [0.717, 1.165) is 29.6 Å². The fourth-order valence-electron chi connectivity index (χ4n) is 4.28. The molecule has 3 nitrogen and oxygen atoms in total. The van der Waals surface area contributed by atoms with E-state index in [1.807, 2.05) is 23.1 Å². The Balaban J connectivity index is 1.88.